The van der Waals surface area contributed by atoms with Gasteiger partial charge in [-0.1, -0.05) is 30.3 Å². The first-order valence-corrected chi connectivity index (χ1v) is 10.2. The summed E-state index contributed by atoms with van der Waals surface area (Å²) in [5, 5.41) is 12.9. The Kier molecular flexibility index (Phi) is 5.40. The van der Waals surface area contributed by atoms with E-state index in [0.717, 1.165) is 26.1 Å². The Morgan fingerprint density at radius 1 is 1.18 bits per heavy atom. The number of likely N-dealkylation sites (tertiary alicyclic amines) is 1. The lowest BCUT2D eigenvalue weighted by Crippen LogP contribution is -2.78. The number of nitrogens with one attached hydrogen (secondary N) is 1. The molecule has 0 aromatic heterocycles. The molecular formula is C21H30N4O3. The van der Waals surface area contributed by atoms with Crippen molar-refractivity contribution in [2.24, 2.45) is 0 Å². The minimum absolute atomic E-state index is 0.0567. The maximum absolute atomic E-state index is 12.5. The zero-order chi connectivity index (χ0) is 19.7. The van der Waals surface area contributed by atoms with E-state index >= 15 is 0 Å². The van der Waals surface area contributed by atoms with Crippen molar-refractivity contribution in [3.05, 3.63) is 35.9 Å². The molecule has 2 unspecified atom stereocenters. The maximum atomic E-state index is 12.5. The number of carbonyl (C=O) groups excluding carboxylic acids is 2. The zero-order valence-corrected chi connectivity index (χ0v) is 16.5. The minimum Gasteiger partial charge on any atom is -0.392 e. The fourth-order valence-electron chi connectivity index (χ4n) is 5.10. The molecule has 3 heterocycles. The third-order valence-electron chi connectivity index (χ3n) is 6.27. The lowest BCUT2D eigenvalue weighted by atomic mass is 9.83. The summed E-state index contributed by atoms with van der Waals surface area (Å²) in [5.41, 5.74) is 1.24. The van der Waals surface area contributed by atoms with Gasteiger partial charge < -0.3 is 15.3 Å². The van der Waals surface area contributed by atoms with Gasteiger partial charge in [-0.25, -0.2) is 0 Å². The van der Waals surface area contributed by atoms with Gasteiger partial charge in [0, 0.05) is 65.2 Å². The van der Waals surface area contributed by atoms with E-state index in [4.69, 9.17) is 0 Å². The van der Waals surface area contributed by atoms with Crippen LogP contribution in [0.1, 0.15) is 25.3 Å². The molecule has 3 fully saturated rings. The maximum Gasteiger partial charge on any atom is 0.224 e. The Morgan fingerprint density at radius 2 is 1.93 bits per heavy atom. The van der Waals surface area contributed by atoms with E-state index in [0.29, 0.717) is 38.6 Å². The molecule has 3 saturated heterocycles. The first kappa shape index (κ1) is 19.4. The van der Waals surface area contributed by atoms with Crippen molar-refractivity contribution in [1.82, 2.24) is 20.0 Å². The van der Waals surface area contributed by atoms with Crippen LogP contribution < -0.4 is 5.32 Å². The molecule has 0 aliphatic carbocycles. The quantitative estimate of drug-likeness (QED) is 0.748. The Morgan fingerprint density at radius 3 is 2.64 bits per heavy atom. The van der Waals surface area contributed by atoms with Crippen LogP contribution in [0.2, 0.25) is 0 Å². The summed E-state index contributed by atoms with van der Waals surface area (Å²) in [6, 6.07) is 10.8. The van der Waals surface area contributed by atoms with E-state index in [1.807, 2.05) is 11.0 Å². The molecule has 4 rings (SSSR count). The summed E-state index contributed by atoms with van der Waals surface area (Å²) in [4.78, 5) is 30.3. The van der Waals surface area contributed by atoms with Gasteiger partial charge in [0.05, 0.1) is 11.6 Å². The molecule has 7 nitrogen and oxygen atoms in total. The summed E-state index contributed by atoms with van der Waals surface area (Å²) in [7, 11) is 0. The van der Waals surface area contributed by atoms with Crippen molar-refractivity contribution in [2.75, 3.05) is 39.3 Å². The monoisotopic (exact) mass is 386 g/mol. The van der Waals surface area contributed by atoms with Crippen LogP contribution in [-0.2, 0) is 16.1 Å². The van der Waals surface area contributed by atoms with Gasteiger partial charge in [0.15, 0.2) is 0 Å². The van der Waals surface area contributed by atoms with Crippen molar-refractivity contribution in [2.45, 2.75) is 44.0 Å². The van der Waals surface area contributed by atoms with Crippen LogP contribution in [0.3, 0.4) is 0 Å². The number of carbonyl (C=O) groups is 2. The molecule has 1 aromatic carbocycles. The van der Waals surface area contributed by atoms with Crippen LogP contribution >= 0.6 is 0 Å². The summed E-state index contributed by atoms with van der Waals surface area (Å²) in [5.74, 6) is -0.0125. The first-order chi connectivity index (χ1) is 13.4. The highest BCUT2D eigenvalue weighted by Crippen LogP contribution is 2.39. The van der Waals surface area contributed by atoms with E-state index in [1.54, 1.807) is 0 Å². The fourth-order valence-corrected chi connectivity index (χ4v) is 5.10. The van der Waals surface area contributed by atoms with Crippen molar-refractivity contribution in [3.8, 4) is 0 Å². The van der Waals surface area contributed by atoms with Gasteiger partial charge in [-0.2, -0.15) is 0 Å². The molecule has 2 N–H and O–H groups in total. The second-order valence-corrected chi connectivity index (χ2v) is 8.56. The average molecular weight is 386 g/mol. The molecule has 152 valence electrons. The van der Waals surface area contributed by atoms with Gasteiger partial charge in [0.2, 0.25) is 11.8 Å². The third kappa shape index (κ3) is 3.92. The van der Waals surface area contributed by atoms with Crippen LogP contribution in [0.25, 0.3) is 0 Å². The molecule has 0 saturated carbocycles. The molecule has 28 heavy (non-hydrogen) atoms. The van der Waals surface area contributed by atoms with Gasteiger partial charge >= 0.3 is 0 Å². The SMILES string of the molecule is CC(=O)NCCC(=O)N1CC2(CN(Cc3ccccc3)CC3CC(O)CN32)C1. The fraction of sp³-hybridized carbons (Fsp3) is 0.619. The normalized spacial score (nSPS) is 26.7. The molecule has 1 aromatic rings. The molecule has 3 aliphatic rings. The summed E-state index contributed by atoms with van der Waals surface area (Å²) < 4.78 is 0. The minimum atomic E-state index is -0.275. The van der Waals surface area contributed by atoms with Crippen LogP contribution in [0.4, 0.5) is 0 Å². The Bertz CT molecular complexity index is 720. The Balaban J connectivity index is 1.40. The van der Waals surface area contributed by atoms with Gasteiger partial charge in [0.1, 0.15) is 0 Å². The zero-order valence-electron chi connectivity index (χ0n) is 16.5. The summed E-state index contributed by atoms with van der Waals surface area (Å²) >= 11 is 0. The van der Waals surface area contributed by atoms with Gasteiger partial charge in [-0.3, -0.25) is 19.4 Å². The first-order valence-electron chi connectivity index (χ1n) is 10.2. The highest BCUT2D eigenvalue weighted by atomic mass is 16.3. The largest absolute Gasteiger partial charge is 0.392 e. The smallest absolute Gasteiger partial charge is 0.224 e. The van der Waals surface area contributed by atoms with E-state index in [-0.39, 0.29) is 23.5 Å². The average Bonchev–Trinajstić information content (AvgIpc) is 3.00. The van der Waals surface area contributed by atoms with E-state index < -0.39 is 0 Å². The van der Waals surface area contributed by atoms with Crippen LogP contribution in [0.15, 0.2) is 30.3 Å². The number of aliphatic hydroxyl groups excluding tert-OH is 1. The molecule has 3 aliphatic heterocycles. The second kappa shape index (κ2) is 7.81. The lowest BCUT2D eigenvalue weighted by molar-refractivity contribution is -0.156. The summed E-state index contributed by atoms with van der Waals surface area (Å²) in [6.07, 6.45) is 0.877. The second-order valence-electron chi connectivity index (χ2n) is 8.56. The highest BCUT2D eigenvalue weighted by Gasteiger charge is 2.56. The number of β-amino-alcohol motifs (C(OH)–C–C–N with tert-alkyl or cyclic N) is 1. The molecular weight excluding hydrogens is 356 g/mol. The van der Waals surface area contributed by atoms with Crippen LogP contribution in [0.5, 0.6) is 0 Å². The Labute approximate surface area is 166 Å². The molecule has 2 atom stereocenters. The number of rotatable bonds is 5. The van der Waals surface area contributed by atoms with Crippen molar-refractivity contribution < 1.29 is 14.7 Å². The number of aliphatic hydroxyl groups is 1. The van der Waals surface area contributed by atoms with Crippen LogP contribution in [0, 0.1) is 0 Å². The predicted molar refractivity (Wildman–Crippen MR) is 105 cm³/mol. The molecule has 0 bridgehead atoms. The number of piperazine rings is 1. The van der Waals surface area contributed by atoms with Crippen molar-refractivity contribution >= 4 is 11.8 Å². The molecule has 7 heteroatoms. The predicted octanol–water partition coefficient (Wildman–Crippen LogP) is 0.0446. The standard InChI is InChI=1S/C21H30N4O3/c1-16(26)22-8-7-20(28)24-14-21(15-24)13-23(10-17-5-3-2-4-6-17)11-18-9-19(27)12-25(18)21/h2-6,18-19,27H,7-15H2,1H3,(H,22,26). The van der Waals surface area contributed by atoms with E-state index in [2.05, 4.69) is 39.4 Å². The number of benzene rings is 1. The van der Waals surface area contributed by atoms with Crippen molar-refractivity contribution in [1.29, 1.82) is 0 Å². The van der Waals surface area contributed by atoms with E-state index in [9.17, 15) is 14.7 Å². The molecule has 2 amide bonds. The van der Waals surface area contributed by atoms with Crippen molar-refractivity contribution in [3.63, 3.8) is 0 Å². The van der Waals surface area contributed by atoms with Gasteiger partial charge in [-0.05, 0) is 12.0 Å². The Hall–Kier alpha value is -1.96. The molecule has 0 radical (unpaired) electrons. The third-order valence-corrected chi connectivity index (χ3v) is 6.27. The van der Waals surface area contributed by atoms with Crippen LogP contribution in [-0.4, -0.2) is 88.6 Å². The number of nitrogens with zero attached hydrogens (tertiary/aromatic N) is 3. The highest BCUT2D eigenvalue weighted by molar-refractivity contribution is 5.79. The topological polar surface area (TPSA) is 76.1 Å². The summed E-state index contributed by atoms with van der Waals surface area (Å²) in [6.45, 7) is 6.76. The van der Waals surface area contributed by atoms with Gasteiger partial charge in [0.25, 0.3) is 0 Å². The van der Waals surface area contributed by atoms with E-state index in [1.165, 1.54) is 12.5 Å². The molecule has 1 spiro atoms. The lowest BCUT2D eigenvalue weighted by Gasteiger charge is -2.61. The number of hydrogen-bond donors (Lipinski definition) is 2. The number of amides is 2. The number of fused-ring (bicyclic) bond motifs is 2. The van der Waals surface area contributed by atoms with Gasteiger partial charge in [-0.15, -0.1) is 0 Å². The number of hydrogen-bond acceptors (Lipinski definition) is 5.